The lowest BCUT2D eigenvalue weighted by molar-refractivity contribution is -0.0547. The number of halogens is 1. The second-order valence-corrected chi connectivity index (χ2v) is 6.13. The Kier molecular flexibility index (Phi) is 3.97. The summed E-state index contributed by atoms with van der Waals surface area (Å²) in [5.74, 6) is -0.253. The molecule has 2 fully saturated rings. The Labute approximate surface area is 135 Å². The van der Waals surface area contributed by atoms with E-state index in [0.29, 0.717) is 18.3 Å². The van der Waals surface area contributed by atoms with Crippen molar-refractivity contribution < 1.29 is 9.13 Å². The minimum atomic E-state index is -0.253. The van der Waals surface area contributed by atoms with Crippen molar-refractivity contribution in [3.05, 3.63) is 60.2 Å². The standard InChI is InChI=1S/C18H20FN3O/c19-16-10-20-7-6-17(16)21-8-9-22-15(11-21)12-23-13-18(22)14-4-2-1-3-5-14/h1-7,10,15,18H,8-9,11-13H2/t15-,18-/m1/s1. The minimum absolute atomic E-state index is 0.253. The Morgan fingerprint density at radius 2 is 1.96 bits per heavy atom. The highest BCUT2D eigenvalue weighted by atomic mass is 19.1. The van der Waals surface area contributed by atoms with E-state index in [1.807, 2.05) is 6.07 Å². The van der Waals surface area contributed by atoms with Gasteiger partial charge in [0.2, 0.25) is 0 Å². The third-order valence-electron chi connectivity index (χ3n) is 4.79. The predicted octanol–water partition coefficient (Wildman–Crippen LogP) is 2.48. The highest BCUT2D eigenvalue weighted by molar-refractivity contribution is 5.47. The number of aromatic nitrogens is 1. The molecule has 0 bridgehead atoms. The number of hydrogen-bond donors (Lipinski definition) is 0. The Hall–Kier alpha value is -1.98. The summed E-state index contributed by atoms with van der Waals surface area (Å²) in [5, 5.41) is 0. The zero-order valence-electron chi connectivity index (χ0n) is 12.9. The fraction of sp³-hybridized carbons (Fsp3) is 0.389. The average molecular weight is 313 g/mol. The summed E-state index contributed by atoms with van der Waals surface area (Å²) in [7, 11) is 0. The first-order chi connectivity index (χ1) is 11.3. The molecule has 1 aromatic carbocycles. The van der Waals surface area contributed by atoms with Crippen LogP contribution in [0.3, 0.4) is 0 Å². The van der Waals surface area contributed by atoms with E-state index in [2.05, 4.69) is 39.0 Å². The van der Waals surface area contributed by atoms with Crippen LogP contribution in [-0.4, -0.2) is 48.8 Å². The van der Waals surface area contributed by atoms with E-state index in [1.54, 1.807) is 12.3 Å². The van der Waals surface area contributed by atoms with E-state index < -0.39 is 0 Å². The van der Waals surface area contributed by atoms with E-state index in [-0.39, 0.29) is 11.9 Å². The number of fused-ring (bicyclic) bond motifs is 1. The molecule has 2 atom stereocenters. The largest absolute Gasteiger partial charge is 0.378 e. The molecule has 23 heavy (non-hydrogen) atoms. The van der Waals surface area contributed by atoms with Crippen LogP contribution >= 0.6 is 0 Å². The molecule has 5 heteroatoms. The number of rotatable bonds is 2. The summed E-state index contributed by atoms with van der Waals surface area (Å²) in [4.78, 5) is 8.45. The third kappa shape index (κ3) is 2.82. The van der Waals surface area contributed by atoms with Gasteiger partial charge in [-0.15, -0.1) is 0 Å². The van der Waals surface area contributed by atoms with E-state index in [9.17, 15) is 4.39 Å². The Morgan fingerprint density at radius 3 is 2.78 bits per heavy atom. The van der Waals surface area contributed by atoms with Gasteiger partial charge in [0, 0.05) is 25.8 Å². The quantitative estimate of drug-likeness (QED) is 0.852. The van der Waals surface area contributed by atoms with Gasteiger partial charge in [-0.05, 0) is 11.6 Å². The molecule has 120 valence electrons. The molecule has 0 spiro atoms. The van der Waals surface area contributed by atoms with E-state index >= 15 is 0 Å². The van der Waals surface area contributed by atoms with Crippen LogP contribution in [0.4, 0.5) is 10.1 Å². The molecular weight excluding hydrogens is 293 g/mol. The van der Waals surface area contributed by atoms with Gasteiger partial charge in [0.1, 0.15) is 0 Å². The van der Waals surface area contributed by atoms with Crippen LogP contribution in [0.25, 0.3) is 0 Å². The fourth-order valence-corrected chi connectivity index (χ4v) is 3.65. The first-order valence-electron chi connectivity index (χ1n) is 8.06. The molecule has 3 heterocycles. The first-order valence-corrected chi connectivity index (χ1v) is 8.06. The molecule has 0 unspecified atom stereocenters. The smallest absolute Gasteiger partial charge is 0.164 e. The Balaban J connectivity index is 1.54. The molecule has 0 amide bonds. The van der Waals surface area contributed by atoms with Gasteiger partial charge in [-0.25, -0.2) is 4.39 Å². The van der Waals surface area contributed by atoms with E-state index in [4.69, 9.17) is 4.74 Å². The summed E-state index contributed by atoms with van der Waals surface area (Å²) < 4.78 is 19.8. The van der Waals surface area contributed by atoms with Crippen LogP contribution in [0.1, 0.15) is 11.6 Å². The lowest BCUT2D eigenvalue weighted by Gasteiger charge is -2.48. The summed E-state index contributed by atoms with van der Waals surface area (Å²) in [6, 6.07) is 12.8. The molecule has 2 saturated heterocycles. The maximum absolute atomic E-state index is 14.0. The molecule has 2 aliphatic heterocycles. The molecule has 4 nitrogen and oxygen atoms in total. The number of hydrogen-bond acceptors (Lipinski definition) is 4. The second kappa shape index (κ2) is 6.26. The molecule has 0 radical (unpaired) electrons. The number of piperazine rings is 1. The molecule has 0 N–H and O–H groups in total. The van der Waals surface area contributed by atoms with Gasteiger partial charge in [0.05, 0.1) is 37.2 Å². The molecule has 4 rings (SSSR count). The second-order valence-electron chi connectivity index (χ2n) is 6.13. The van der Waals surface area contributed by atoms with Crippen LogP contribution in [-0.2, 0) is 4.74 Å². The summed E-state index contributed by atoms with van der Waals surface area (Å²) in [6.07, 6.45) is 2.93. The molecule has 2 aromatic rings. The number of benzene rings is 1. The lowest BCUT2D eigenvalue weighted by atomic mass is 10.00. The summed E-state index contributed by atoms with van der Waals surface area (Å²) in [5.41, 5.74) is 1.93. The number of anilines is 1. The van der Waals surface area contributed by atoms with Gasteiger partial charge < -0.3 is 9.64 Å². The first kappa shape index (κ1) is 14.6. The van der Waals surface area contributed by atoms with Crippen molar-refractivity contribution in [2.45, 2.75) is 12.1 Å². The van der Waals surface area contributed by atoms with Gasteiger partial charge in [-0.1, -0.05) is 30.3 Å². The van der Waals surface area contributed by atoms with Gasteiger partial charge in [-0.3, -0.25) is 9.88 Å². The number of ether oxygens (including phenoxy) is 1. The third-order valence-corrected chi connectivity index (χ3v) is 4.79. The number of morpholine rings is 1. The average Bonchev–Trinajstić information content (AvgIpc) is 2.62. The van der Waals surface area contributed by atoms with Crippen molar-refractivity contribution in [1.82, 2.24) is 9.88 Å². The number of nitrogens with zero attached hydrogens (tertiary/aromatic N) is 3. The topological polar surface area (TPSA) is 28.6 Å². The lowest BCUT2D eigenvalue weighted by Crippen LogP contribution is -2.59. The molecular formula is C18H20FN3O. The van der Waals surface area contributed by atoms with Crippen molar-refractivity contribution >= 4 is 5.69 Å². The minimum Gasteiger partial charge on any atom is -0.378 e. The van der Waals surface area contributed by atoms with Gasteiger partial charge >= 0.3 is 0 Å². The maximum Gasteiger partial charge on any atom is 0.164 e. The van der Waals surface area contributed by atoms with Crippen LogP contribution in [0, 0.1) is 5.82 Å². The van der Waals surface area contributed by atoms with E-state index in [1.165, 1.54) is 11.8 Å². The zero-order valence-corrected chi connectivity index (χ0v) is 12.9. The van der Waals surface area contributed by atoms with Crippen molar-refractivity contribution in [2.24, 2.45) is 0 Å². The van der Waals surface area contributed by atoms with Crippen LogP contribution < -0.4 is 4.90 Å². The van der Waals surface area contributed by atoms with Gasteiger partial charge in [0.25, 0.3) is 0 Å². The van der Waals surface area contributed by atoms with E-state index in [0.717, 1.165) is 26.2 Å². The maximum atomic E-state index is 14.0. The highest BCUT2D eigenvalue weighted by Gasteiger charge is 2.36. The normalized spacial score (nSPS) is 25.2. The SMILES string of the molecule is Fc1cnccc1N1CCN2[C@@H](COC[C@@H]2c2ccccc2)C1. The van der Waals surface area contributed by atoms with Crippen molar-refractivity contribution in [3.8, 4) is 0 Å². The molecule has 0 saturated carbocycles. The van der Waals surface area contributed by atoms with Crippen LogP contribution in [0.5, 0.6) is 0 Å². The molecule has 2 aliphatic rings. The van der Waals surface area contributed by atoms with Crippen molar-refractivity contribution in [3.63, 3.8) is 0 Å². The summed E-state index contributed by atoms with van der Waals surface area (Å²) in [6.45, 7) is 3.94. The van der Waals surface area contributed by atoms with Gasteiger partial charge in [0.15, 0.2) is 5.82 Å². The van der Waals surface area contributed by atoms with Crippen molar-refractivity contribution in [2.75, 3.05) is 37.7 Å². The van der Waals surface area contributed by atoms with Gasteiger partial charge in [-0.2, -0.15) is 0 Å². The van der Waals surface area contributed by atoms with Crippen LogP contribution in [0.15, 0.2) is 48.8 Å². The monoisotopic (exact) mass is 313 g/mol. The highest BCUT2D eigenvalue weighted by Crippen LogP contribution is 2.31. The summed E-state index contributed by atoms with van der Waals surface area (Å²) >= 11 is 0. The molecule has 1 aromatic heterocycles. The number of pyridine rings is 1. The molecule has 0 aliphatic carbocycles. The Morgan fingerprint density at radius 1 is 1.09 bits per heavy atom. The van der Waals surface area contributed by atoms with Crippen molar-refractivity contribution in [1.29, 1.82) is 0 Å². The fourth-order valence-electron chi connectivity index (χ4n) is 3.65. The zero-order chi connectivity index (χ0) is 15.6. The Bertz CT molecular complexity index is 666. The van der Waals surface area contributed by atoms with Crippen LogP contribution in [0.2, 0.25) is 0 Å². The predicted molar refractivity (Wildman–Crippen MR) is 86.9 cm³/mol.